The second kappa shape index (κ2) is 7.81. The van der Waals surface area contributed by atoms with E-state index in [9.17, 15) is 13.2 Å². The molecule has 0 aliphatic carbocycles. The van der Waals surface area contributed by atoms with Gasteiger partial charge in [-0.15, -0.1) is 0 Å². The summed E-state index contributed by atoms with van der Waals surface area (Å²) in [4.78, 5) is 1.37. The van der Waals surface area contributed by atoms with Crippen LogP contribution < -0.4 is 5.73 Å². The topological polar surface area (TPSA) is 29.3 Å². The van der Waals surface area contributed by atoms with Gasteiger partial charge in [0.15, 0.2) is 0 Å². The van der Waals surface area contributed by atoms with E-state index in [4.69, 9.17) is 17.3 Å². The molecule has 0 aliphatic rings. The molecule has 1 aromatic carbocycles. The van der Waals surface area contributed by atoms with Crippen molar-refractivity contribution in [3.63, 3.8) is 0 Å². The number of nitrogens with two attached hydrogens (primary N) is 1. The van der Waals surface area contributed by atoms with Crippen LogP contribution in [0.1, 0.15) is 31.9 Å². The number of nitrogens with zero attached hydrogens (tertiary/aromatic N) is 1. The maximum Gasteiger partial charge on any atom is 0.401 e. The minimum absolute atomic E-state index is 0.195. The third-order valence-corrected chi connectivity index (χ3v) is 4.02. The highest BCUT2D eigenvalue weighted by molar-refractivity contribution is 9.10. The van der Waals surface area contributed by atoms with E-state index in [1.807, 2.05) is 6.07 Å². The summed E-state index contributed by atoms with van der Waals surface area (Å²) in [5, 5.41) is 0.517. The van der Waals surface area contributed by atoms with Crippen LogP contribution in [0.3, 0.4) is 0 Å². The Balaban J connectivity index is 2.67. The molecule has 0 bridgehead atoms. The summed E-state index contributed by atoms with van der Waals surface area (Å²) in [6, 6.07) is 4.75. The molecule has 0 saturated heterocycles. The van der Waals surface area contributed by atoms with Crippen LogP contribution in [0, 0.1) is 0 Å². The van der Waals surface area contributed by atoms with Crippen LogP contribution in [0.2, 0.25) is 5.02 Å². The van der Waals surface area contributed by atoms with Crippen molar-refractivity contribution in [1.29, 1.82) is 0 Å². The van der Waals surface area contributed by atoms with Crippen molar-refractivity contribution < 1.29 is 13.2 Å². The van der Waals surface area contributed by atoms with E-state index in [2.05, 4.69) is 15.9 Å². The van der Waals surface area contributed by atoms with Gasteiger partial charge in [0.1, 0.15) is 0 Å². The molecule has 1 atom stereocenters. The summed E-state index contributed by atoms with van der Waals surface area (Å²) in [7, 11) is 0. The summed E-state index contributed by atoms with van der Waals surface area (Å²) in [6.07, 6.45) is -3.79. The number of benzene rings is 1. The predicted molar refractivity (Wildman–Crippen MR) is 83.5 cm³/mol. The Bertz CT molecular complexity index is 466. The van der Waals surface area contributed by atoms with Gasteiger partial charge >= 0.3 is 6.18 Å². The monoisotopic (exact) mass is 386 g/mol. The zero-order chi connectivity index (χ0) is 16.2. The molecule has 0 aliphatic heterocycles. The number of hydrogen-bond acceptors (Lipinski definition) is 2. The standard InChI is InChI=1S/C14H19BrClF3N2/c1-9(2)21(8-14(17,18)19)6-5-13(20)11-4-3-10(15)7-12(11)16/h3-4,7,9,13H,5-6,8,20H2,1-2H3. The average Bonchev–Trinajstić information content (AvgIpc) is 2.32. The van der Waals surface area contributed by atoms with Crippen molar-refractivity contribution in [2.75, 3.05) is 13.1 Å². The third kappa shape index (κ3) is 6.55. The van der Waals surface area contributed by atoms with E-state index in [0.717, 1.165) is 10.0 Å². The molecule has 0 fully saturated rings. The molecule has 120 valence electrons. The van der Waals surface area contributed by atoms with E-state index in [-0.39, 0.29) is 18.6 Å². The molecule has 0 aromatic heterocycles. The number of hydrogen-bond donors (Lipinski definition) is 1. The lowest BCUT2D eigenvalue weighted by molar-refractivity contribution is -0.149. The second-order valence-corrected chi connectivity index (χ2v) is 6.56. The maximum absolute atomic E-state index is 12.5. The lowest BCUT2D eigenvalue weighted by Gasteiger charge is -2.28. The van der Waals surface area contributed by atoms with E-state index < -0.39 is 12.7 Å². The van der Waals surface area contributed by atoms with Gasteiger partial charge < -0.3 is 5.73 Å². The van der Waals surface area contributed by atoms with Crippen LogP contribution >= 0.6 is 27.5 Å². The van der Waals surface area contributed by atoms with Gasteiger partial charge in [0.2, 0.25) is 0 Å². The van der Waals surface area contributed by atoms with Gasteiger partial charge in [-0.2, -0.15) is 13.2 Å². The van der Waals surface area contributed by atoms with Crippen LogP contribution in [0.25, 0.3) is 0 Å². The Morgan fingerprint density at radius 2 is 1.95 bits per heavy atom. The Morgan fingerprint density at radius 3 is 2.43 bits per heavy atom. The van der Waals surface area contributed by atoms with E-state index in [1.54, 1.807) is 26.0 Å². The Labute approximate surface area is 136 Å². The molecule has 2 nitrogen and oxygen atoms in total. The van der Waals surface area contributed by atoms with Crippen molar-refractivity contribution in [2.45, 2.75) is 38.5 Å². The minimum Gasteiger partial charge on any atom is -0.324 e. The summed E-state index contributed by atoms with van der Waals surface area (Å²) in [5.74, 6) is 0. The summed E-state index contributed by atoms with van der Waals surface area (Å²) in [6.45, 7) is 2.82. The zero-order valence-corrected chi connectivity index (χ0v) is 14.3. The first-order valence-corrected chi connectivity index (χ1v) is 7.78. The van der Waals surface area contributed by atoms with Gasteiger partial charge in [0, 0.05) is 28.1 Å². The minimum atomic E-state index is -4.20. The van der Waals surface area contributed by atoms with Crippen molar-refractivity contribution in [2.24, 2.45) is 5.73 Å². The van der Waals surface area contributed by atoms with Crippen LogP contribution in [0.4, 0.5) is 13.2 Å². The fourth-order valence-corrected chi connectivity index (χ4v) is 2.83. The molecule has 0 saturated carbocycles. The van der Waals surface area contributed by atoms with Crippen molar-refractivity contribution in [1.82, 2.24) is 4.90 Å². The van der Waals surface area contributed by atoms with Crippen LogP contribution in [-0.4, -0.2) is 30.2 Å². The molecule has 0 spiro atoms. The first kappa shape index (κ1) is 18.7. The lowest BCUT2D eigenvalue weighted by atomic mass is 10.0. The fraction of sp³-hybridized carbons (Fsp3) is 0.571. The first-order valence-electron chi connectivity index (χ1n) is 6.61. The highest BCUT2D eigenvalue weighted by atomic mass is 79.9. The molecule has 7 heteroatoms. The van der Waals surface area contributed by atoms with Crippen LogP contribution in [0.5, 0.6) is 0 Å². The van der Waals surface area contributed by atoms with Gasteiger partial charge in [0.25, 0.3) is 0 Å². The number of alkyl halides is 3. The largest absolute Gasteiger partial charge is 0.401 e. The van der Waals surface area contributed by atoms with E-state index >= 15 is 0 Å². The normalized spacial score (nSPS) is 14.0. The van der Waals surface area contributed by atoms with Crippen LogP contribution in [-0.2, 0) is 0 Å². The molecule has 1 aromatic rings. The van der Waals surface area contributed by atoms with Gasteiger partial charge in [0.05, 0.1) is 6.54 Å². The van der Waals surface area contributed by atoms with Crippen molar-refractivity contribution in [3.8, 4) is 0 Å². The first-order chi connectivity index (χ1) is 9.60. The third-order valence-electron chi connectivity index (χ3n) is 3.20. The average molecular weight is 388 g/mol. The molecule has 1 unspecified atom stereocenters. The van der Waals surface area contributed by atoms with Gasteiger partial charge in [-0.25, -0.2) is 0 Å². The van der Waals surface area contributed by atoms with Crippen molar-refractivity contribution >= 4 is 27.5 Å². The van der Waals surface area contributed by atoms with Crippen molar-refractivity contribution in [3.05, 3.63) is 33.3 Å². The Morgan fingerprint density at radius 1 is 1.33 bits per heavy atom. The summed E-state index contributed by atoms with van der Waals surface area (Å²) >= 11 is 9.41. The van der Waals surface area contributed by atoms with E-state index in [0.29, 0.717) is 11.4 Å². The van der Waals surface area contributed by atoms with Gasteiger partial charge in [-0.05, 0) is 38.0 Å². The summed E-state index contributed by atoms with van der Waals surface area (Å²) < 4.78 is 38.4. The number of rotatable bonds is 6. The maximum atomic E-state index is 12.5. The Hall–Kier alpha value is -0.300. The second-order valence-electron chi connectivity index (χ2n) is 5.24. The highest BCUT2D eigenvalue weighted by Crippen LogP contribution is 2.27. The lowest BCUT2D eigenvalue weighted by Crippen LogP contribution is -2.40. The smallest absolute Gasteiger partial charge is 0.324 e. The highest BCUT2D eigenvalue weighted by Gasteiger charge is 2.31. The molecular formula is C14H19BrClF3N2. The van der Waals surface area contributed by atoms with Gasteiger partial charge in [-0.3, -0.25) is 4.90 Å². The molecule has 0 heterocycles. The molecule has 0 amide bonds. The van der Waals surface area contributed by atoms with Crippen LogP contribution in [0.15, 0.2) is 22.7 Å². The molecule has 2 N–H and O–H groups in total. The predicted octanol–water partition coefficient (Wildman–Crippen LogP) is 4.77. The molecule has 0 radical (unpaired) electrons. The molecule has 1 rings (SSSR count). The summed E-state index contributed by atoms with van der Waals surface area (Å²) in [5.41, 5.74) is 6.80. The zero-order valence-electron chi connectivity index (χ0n) is 11.9. The molecule has 21 heavy (non-hydrogen) atoms. The quantitative estimate of drug-likeness (QED) is 0.762. The van der Waals surface area contributed by atoms with E-state index in [1.165, 1.54) is 4.90 Å². The Kier molecular flexibility index (Phi) is 6.97. The van der Waals surface area contributed by atoms with Gasteiger partial charge in [-0.1, -0.05) is 33.6 Å². The number of halogens is 5. The molecular weight excluding hydrogens is 369 g/mol. The SMILES string of the molecule is CC(C)N(CCC(N)c1ccc(Br)cc1Cl)CC(F)(F)F. The fourth-order valence-electron chi connectivity index (χ4n) is 2.01.